The van der Waals surface area contributed by atoms with Crippen molar-refractivity contribution in [3.63, 3.8) is 0 Å². The number of rotatable bonds is 2. The molecular formula is C15H22N4O. The van der Waals surface area contributed by atoms with Gasteiger partial charge in [-0.15, -0.1) is 0 Å². The Morgan fingerprint density at radius 2 is 1.90 bits per heavy atom. The fourth-order valence-corrected chi connectivity index (χ4v) is 3.63. The molecular weight excluding hydrogens is 252 g/mol. The number of hydrogen-bond donors (Lipinski definition) is 2. The molecule has 5 nitrogen and oxygen atoms in total. The molecule has 0 atom stereocenters. The second kappa shape index (κ2) is 5.31. The molecule has 108 valence electrons. The molecule has 2 fully saturated rings. The highest BCUT2D eigenvalue weighted by molar-refractivity contribution is 5.95. The lowest BCUT2D eigenvalue weighted by Crippen LogP contribution is -2.39. The molecule has 1 saturated heterocycles. The Bertz CT molecular complexity index is 498. The van der Waals surface area contributed by atoms with E-state index in [1.807, 2.05) is 12.1 Å². The van der Waals surface area contributed by atoms with Crippen LogP contribution in [0.25, 0.3) is 0 Å². The quantitative estimate of drug-likeness (QED) is 0.376. The molecule has 0 aromatic carbocycles. The van der Waals surface area contributed by atoms with E-state index >= 15 is 0 Å². The zero-order valence-corrected chi connectivity index (χ0v) is 11.8. The van der Waals surface area contributed by atoms with E-state index in [4.69, 9.17) is 10.9 Å². The molecule has 1 aliphatic heterocycles. The Hall–Kier alpha value is -1.78. The van der Waals surface area contributed by atoms with Gasteiger partial charge >= 0.3 is 0 Å². The van der Waals surface area contributed by atoms with Gasteiger partial charge in [0, 0.05) is 13.1 Å². The second-order valence-corrected chi connectivity index (χ2v) is 6.06. The summed E-state index contributed by atoms with van der Waals surface area (Å²) in [5.41, 5.74) is 6.75. The van der Waals surface area contributed by atoms with Crippen LogP contribution < -0.4 is 10.6 Å². The largest absolute Gasteiger partial charge is 0.409 e. The number of nitrogens with two attached hydrogens (primary N) is 1. The molecule has 0 radical (unpaired) electrons. The molecule has 0 unspecified atom stereocenters. The monoisotopic (exact) mass is 274 g/mol. The lowest BCUT2D eigenvalue weighted by atomic mass is 9.77. The highest BCUT2D eigenvalue weighted by atomic mass is 16.4. The van der Waals surface area contributed by atoms with Crippen molar-refractivity contribution in [1.29, 1.82) is 0 Å². The molecule has 1 saturated carbocycles. The van der Waals surface area contributed by atoms with Crippen LogP contribution in [0, 0.1) is 5.41 Å². The Morgan fingerprint density at radius 1 is 1.20 bits per heavy atom. The summed E-state index contributed by atoms with van der Waals surface area (Å²) in [5, 5.41) is 11.8. The Morgan fingerprint density at radius 3 is 2.55 bits per heavy atom. The van der Waals surface area contributed by atoms with E-state index in [1.165, 1.54) is 38.5 Å². The van der Waals surface area contributed by atoms with Crippen molar-refractivity contribution in [2.75, 3.05) is 18.0 Å². The van der Waals surface area contributed by atoms with Gasteiger partial charge in [0.15, 0.2) is 5.84 Å². The summed E-state index contributed by atoms with van der Waals surface area (Å²) in [6.07, 6.45) is 8.14. The Balaban J connectivity index is 1.71. The average molecular weight is 274 g/mol. The minimum absolute atomic E-state index is 0.0659. The molecule has 20 heavy (non-hydrogen) atoms. The predicted octanol–water partition coefficient (Wildman–Crippen LogP) is 2.34. The van der Waals surface area contributed by atoms with E-state index in [0.29, 0.717) is 11.1 Å². The smallest absolute Gasteiger partial charge is 0.188 e. The zero-order valence-electron chi connectivity index (χ0n) is 11.8. The number of anilines is 1. The van der Waals surface area contributed by atoms with Crippen molar-refractivity contribution >= 4 is 11.7 Å². The molecule has 1 aliphatic carbocycles. The fraction of sp³-hybridized carbons (Fsp3) is 0.600. The van der Waals surface area contributed by atoms with Crippen molar-refractivity contribution in [1.82, 2.24) is 4.98 Å². The van der Waals surface area contributed by atoms with E-state index in [1.54, 1.807) is 6.07 Å². The van der Waals surface area contributed by atoms with Gasteiger partial charge in [0.25, 0.3) is 0 Å². The number of pyridine rings is 1. The summed E-state index contributed by atoms with van der Waals surface area (Å²) in [5.74, 6) is 0.998. The maximum Gasteiger partial charge on any atom is 0.188 e. The van der Waals surface area contributed by atoms with Crippen molar-refractivity contribution in [2.24, 2.45) is 16.3 Å². The number of piperidine rings is 1. The van der Waals surface area contributed by atoms with E-state index in [9.17, 15) is 0 Å². The van der Waals surface area contributed by atoms with Gasteiger partial charge in [-0.1, -0.05) is 24.1 Å². The van der Waals surface area contributed by atoms with Crippen LogP contribution in [-0.4, -0.2) is 29.1 Å². The van der Waals surface area contributed by atoms with Crippen LogP contribution >= 0.6 is 0 Å². The van der Waals surface area contributed by atoms with Crippen LogP contribution in [0.3, 0.4) is 0 Å². The van der Waals surface area contributed by atoms with Crippen molar-refractivity contribution in [3.8, 4) is 0 Å². The predicted molar refractivity (Wildman–Crippen MR) is 79.1 cm³/mol. The highest BCUT2D eigenvalue weighted by Crippen LogP contribution is 2.46. The Labute approximate surface area is 119 Å². The molecule has 0 amide bonds. The first kappa shape index (κ1) is 13.2. The minimum atomic E-state index is 0.0659. The van der Waals surface area contributed by atoms with E-state index in [0.717, 1.165) is 18.9 Å². The van der Waals surface area contributed by atoms with Crippen LogP contribution in [0.4, 0.5) is 5.82 Å². The summed E-state index contributed by atoms with van der Waals surface area (Å²) in [7, 11) is 0. The minimum Gasteiger partial charge on any atom is -0.409 e. The number of nitrogens with zero attached hydrogens (tertiary/aromatic N) is 3. The topological polar surface area (TPSA) is 74.7 Å². The van der Waals surface area contributed by atoms with Gasteiger partial charge < -0.3 is 15.8 Å². The van der Waals surface area contributed by atoms with E-state index in [-0.39, 0.29) is 5.84 Å². The normalized spacial score (nSPS) is 22.4. The molecule has 1 aromatic heterocycles. The Kier molecular flexibility index (Phi) is 3.51. The standard InChI is InChI=1S/C15H22N4O/c16-14(18-20)12-4-3-5-13(17-12)19-10-8-15(9-11-19)6-1-2-7-15/h3-5,20H,1-2,6-11H2,(H2,16,18). The molecule has 2 aliphatic rings. The summed E-state index contributed by atoms with van der Waals surface area (Å²) in [6.45, 7) is 2.12. The first-order chi connectivity index (χ1) is 9.72. The summed E-state index contributed by atoms with van der Waals surface area (Å²) in [4.78, 5) is 6.81. The van der Waals surface area contributed by atoms with Gasteiger partial charge in [0.1, 0.15) is 11.5 Å². The van der Waals surface area contributed by atoms with Crippen LogP contribution in [-0.2, 0) is 0 Å². The SMILES string of the molecule is NC(=NO)c1cccc(N2CCC3(CCCC3)CC2)n1. The number of hydrogen-bond acceptors (Lipinski definition) is 4. The maximum absolute atomic E-state index is 8.74. The van der Waals surface area contributed by atoms with Gasteiger partial charge in [0.2, 0.25) is 0 Å². The van der Waals surface area contributed by atoms with Crippen molar-refractivity contribution in [3.05, 3.63) is 23.9 Å². The van der Waals surface area contributed by atoms with Gasteiger partial charge in [-0.3, -0.25) is 0 Å². The van der Waals surface area contributed by atoms with Crippen LogP contribution in [0.15, 0.2) is 23.4 Å². The molecule has 5 heteroatoms. The maximum atomic E-state index is 8.74. The number of oxime groups is 1. The van der Waals surface area contributed by atoms with E-state index in [2.05, 4.69) is 15.0 Å². The van der Waals surface area contributed by atoms with E-state index < -0.39 is 0 Å². The number of aromatic nitrogens is 1. The van der Waals surface area contributed by atoms with Gasteiger partial charge in [-0.05, 0) is 43.2 Å². The van der Waals surface area contributed by atoms with Crippen LogP contribution in [0.5, 0.6) is 0 Å². The van der Waals surface area contributed by atoms with Gasteiger partial charge in [-0.2, -0.15) is 0 Å². The van der Waals surface area contributed by atoms with Crippen molar-refractivity contribution < 1.29 is 5.21 Å². The lowest BCUT2D eigenvalue weighted by molar-refractivity contribution is 0.226. The molecule has 3 rings (SSSR count). The van der Waals surface area contributed by atoms with Crippen molar-refractivity contribution in [2.45, 2.75) is 38.5 Å². The molecule has 2 heterocycles. The third-order valence-corrected chi connectivity index (χ3v) is 4.92. The summed E-state index contributed by atoms with van der Waals surface area (Å²) in [6, 6.07) is 5.68. The summed E-state index contributed by atoms with van der Waals surface area (Å²) >= 11 is 0. The van der Waals surface area contributed by atoms with Crippen LogP contribution in [0.1, 0.15) is 44.2 Å². The van der Waals surface area contributed by atoms with Gasteiger partial charge in [-0.25, -0.2) is 4.98 Å². The second-order valence-electron chi connectivity index (χ2n) is 6.06. The molecule has 3 N–H and O–H groups in total. The molecule has 0 bridgehead atoms. The third kappa shape index (κ3) is 2.44. The first-order valence-corrected chi connectivity index (χ1v) is 7.42. The molecule has 1 spiro atoms. The third-order valence-electron chi connectivity index (χ3n) is 4.92. The first-order valence-electron chi connectivity index (χ1n) is 7.42. The molecule has 1 aromatic rings. The zero-order chi connectivity index (χ0) is 14.0. The lowest BCUT2D eigenvalue weighted by Gasteiger charge is -2.40. The number of amidine groups is 1. The highest BCUT2D eigenvalue weighted by Gasteiger charge is 2.37. The van der Waals surface area contributed by atoms with Gasteiger partial charge in [0.05, 0.1) is 0 Å². The summed E-state index contributed by atoms with van der Waals surface area (Å²) < 4.78 is 0. The average Bonchev–Trinajstić information content (AvgIpc) is 2.95. The fourth-order valence-electron chi connectivity index (χ4n) is 3.63. The van der Waals surface area contributed by atoms with Crippen LogP contribution in [0.2, 0.25) is 0 Å².